The molecule has 0 fully saturated rings. The second-order valence-corrected chi connectivity index (χ2v) is 4.45. The molecule has 0 aromatic heterocycles. The Morgan fingerprint density at radius 3 is 2.00 bits per heavy atom. The molecule has 2 aromatic rings. The van der Waals surface area contributed by atoms with Crippen molar-refractivity contribution in [1.82, 2.24) is 0 Å². The minimum atomic E-state index is 0.245. The lowest BCUT2D eigenvalue weighted by molar-refractivity contribution is 0.473. The first-order valence-corrected chi connectivity index (χ1v) is 5.59. The normalized spacial score (nSPS) is 10.5. The average Bonchev–Trinajstić information content (AvgIpc) is 2.24. The van der Waals surface area contributed by atoms with E-state index >= 15 is 0 Å². The molecule has 0 atom stereocenters. The summed E-state index contributed by atoms with van der Waals surface area (Å²) in [4.78, 5) is 0. The maximum Gasteiger partial charge on any atom is 0.123 e. The summed E-state index contributed by atoms with van der Waals surface area (Å²) in [6.07, 6.45) is 0. The number of aryl methyl sites for hydroxylation is 3. The molecular weight excluding hydrogens is 212 g/mol. The zero-order chi connectivity index (χ0) is 12.6. The Hall–Kier alpha value is -1.96. The summed E-state index contributed by atoms with van der Waals surface area (Å²) in [6, 6.07) is 8.91. The number of hydrogen-bond acceptors (Lipinski definition) is 2. The van der Waals surface area contributed by atoms with Gasteiger partial charge >= 0.3 is 0 Å². The van der Waals surface area contributed by atoms with E-state index < -0.39 is 0 Å². The Morgan fingerprint density at radius 1 is 0.706 bits per heavy atom. The van der Waals surface area contributed by atoms with Crippen molar-refractivity contribution in [3.05, 3.63) is 47.0 Å². The van der Waals surface area contributed by atoms with Gasteiger partial charge in [-0.3, -0.25) is 0 Å². The van der Waals surface area contributed by atoms with Crippen LogP contribution in [0.5, 0.6) is 11.5 Å². The van der Waals surface area contributed by atoms with Crippen LogP contribution in [0, 0.1) is 20.8 Å². The molecule has 2 N–H and O–H groups in total. The topological polar surface area (TPSA) is 40.5 Å². The van der Waals surface area contributed by atoms with Crippen LogP contribution in [-0.4, -0.2) is 10.2 Å². The van der Waals surface area contributed by atoms with Crippen LogP contribution in [-0.2, 0) is 0 Å². The van der Waals surface area contributed by atoms with Crippen molar-refractivity contribution >= 4 is 0 Å². The van der Waals surface area contributed by atoms with Crippen molar-refractivity contribution in [2.45, 2.75) is 20.8 Å². The van der Waals surface area contributed by atoms with Crippen LogP contribution in [0.1, 0.15) is 16.7 Å². The van der Waals surface area contributed by atoms with Crippen LogP contribution in [0.15, 0.2) is 30.3 Å². The van der Waals surface area contributed by atoms with Gasteiger partial charge in [0.05, 0.1) is 0 Å². The number of aromatic hydroxyl groups is 2. The zero-order valence-electron chi connectivity index (χ0n) is 10.3. The largest absolute Gasteiger partial charge is 0.508 e. The van der Waals surface area contributed by atoms with Gasteiger partial charge in [-0.05, 0) is 67.3 Å². The first-order valence-electron chi connectivity index (χ1n) is 5.59. The molecule has 0 radical (unpaired) electrons. The molecule has 2 rings (SSSR count). The number of hydrogen-bond donors (Lipinski definition) is 2. The van der Waals surface area contributed by atoms with E-state index in [0.717, 1.165) is 27.8 Å². The van der Waals surface area contributed by atoms with Crippen molar-refractivity contribution in [2.75, 3.05) is 0 Å². The zero-order valence-corrected chi connectivity index (χ0v) is 10.3. The molecule has 2 nitrogen and oxygen atoms in total. The third-order valence-electron chi connectivity index (χ3n) is 3.11. The van der Waals surface area contributed by atoms with Crippen LogP contribution in [0.2, 0.25) is 0 Å². The summed E-state index contributed by atoms with van der Waals surface area (Å²) in [5.41, 5.74) is 4.92. The van der Waals surface area contributed by atoms with Crippen LogP contribution in [0.4, 0.5) is 0 Å². The number of rotatable bonds is 1. The summed E-state index contributed by atoms with van der Waals surface area (Å²) >= 11 is 0. The van der Waals surface area contributed by atoms with Crippen LogP contribution in [0.3, 0.4) is 0 Å². The fourth-order valence-electron chi connectivity index (χ4n) is 1.97. The second kappa shape index (κ2) is 4.13. The van der Waals surface area contributed by atoms with Gasteiger partial charge < -0.3 is 10.2 Å². The molecule has 0 saturated heterocycles. The van der Waals surface area contributed by atoms with Gasteiger partial charge in [-0.25, -0.2) is 0 Å². The van der Waals surface area contributed by atoms with E-state index in [0.29, 0.717) is 0 Å². The molecule has 0 aliphatic rings. The van der Waals surface area contributed by atoms with Crippen LogP contribution in [0.25, 0.3) is 11.1 Å². The highest BCUT2D eigenvalue weighted by molar-refractivity contribution is 5.74. The van der Waals surface area contributed by atoms with Gasteiger partial charge in [0.15, 0.2) is 0 Å². The predicted octanol–water partition coefficient (Wildman–Crippen LogP) is 3.69. The van der Waals surface area contributed by atoms with Gasteiger partial charge in [0.25, 0.3) is 0 Å². The van der Waals surface area contributed by atoms with Crippen LogP contribution < -0.4 is 0 Å². The van der Waals surface area contributed by atoms with E-state index in [-0.39, 0.29) is 11.5 Å². The smallest absolute Gasteiger partial charge is 0.123 e. The lowest BCUT2D eigenvalue weighted by Crippen LogP contribution is -1.88. The van der Waals surface area contributed by atoms with Gasteiger partial charge in [0, 0.05) is 5.56 Å². The lowest BCUT2D eigenvalue weighted by atomic mass is 9.96. The van der Waals surface area contributed by atoms with Gasteiger partial charge in [-0.15, -0.1) is 0 Å². The van der Waals surface area contributed by atoms with E-state index in [1.165, 1.54) is 0 Å². The van der Waals surface area contributed by atoms with Gasteiger partial charge in [0.1, 0.15) is 11.5 Å². The van der Waals surface area contributed by atoms with Crippen molar-refractivity contribution in [1.29, 1.82) is 0 Å². The molecule has 0 aliphatic heterocycles. The SMILES string of the molecule is Cc1cc(O)c(-c2ccc(O)cc2C)cc1C. The maximum atomic E-state index is 10.0. The number of phenols is 2. The lowest BCUT2D eigenvalue weighted by Gasteiger charge is -2.11. The molecule has 0 amide bonds. The summed E-state index contributed by atoms with van der Waals surface area (Å²) < 4.78 is 0. The molecule has 0 heterocycles. The van der Waals surface area contributed by atoms with E-state index in [1.807, 2.05) is 32.9 Å². The Labute approximate surface area is 101 Å². The average molecular weight is 228 g/mol. The molecule has 88 valence electrons. The standard InChI is InChI=1S/C15H16O2/c1-9-7-14(15(17)8-10(9)2)13-5-4-12(16)6-11(13)3/h4-8,16-17H,1-3H3. The van der Waals surface area contributed by atoms with Crippen molar-refractivity contribution in [3.8, 4) is 22.6 Å². The highest BCUT2D eigenvalue weighted by Gasteiger charge is 2.09. The predicted molar refractivity (Wildman–Crippen MR) is 69.4 cm³/mol. The highest BCUT2D eigenvalue weighted by Crippen LogP contribution is 2.34. The van der Waals surface area contributed by atoms with Crippen molar-refractivity contribution in [2.24, 2.45) is 0 Å². The van der Waals surface area contributed by atoms with Crippen LogP contribution >= 0.6 is 0 Å². The van der Waals surface area contributed by atoms with Gasteiger partial charge in [-0.2, -0.15) is 0 Å². The van der Waals surface area contributed by atoms with E-state index in [2.05, 4.69) is 0 Å². The fourth-order valence-corrected chi connectivity index (χ4v) is 1.97. The van der Waals surface area contributed by atoms with Gasteiger partial charge in [0.2, 0.25) is 0 Å². The summed E-state index contributed by atoms with van der Waals surface area (Å²) in [5, 5.41) is 19.4. The van der Waals surface area contributed by atoms with E-state index in [9.17, 15) is 10.2 Å². The molecule has 2 aromatic carbocycles. The summed E-state index contributed by atoms with van der Waals surface area (Å²) in [6.45, 7) is 5.92. The first-order chi connectivity index (χ1) is 7.99. The molecule has 0 saturated carbocycles. The van der Waals surface area contributed by atoms with E-state index in [1.54, 1.807) is 18.2 Å². The fraction of sp³-hybridized carbons (Fsp3) is 0.200. The Morgan fingerprint density at radius 2 is 1.35 bits per heavy atom. The third-order valence-corrected chi connectivity index (χ3v) is 3.11. The Kier molecular flexibility index (Phi) is 2.80. The quantitative estimate of drug-likeness (QED) is 0.781. The second-order valence-electron chi connectivity index (χ2n) is 4.45. The van der Waals surface area contributed by atoms with E-state index in [4.69, 9.17) is 0 Å². The maximum absolute atomic E-state index is 10.0. The molecule has 17 heavy (non-hydrogen) atoms. The molecule has 0 spiro atoms. The highest BCUT2D eigenvalue weighted by atomic mass is 16.3. The first kappa shape index (κ1) is 11.5. The molecule has 0 bridgehead atoms. The third kappa shape index (κ3) is 2.11. The van der Waals surface area contributed by atoms with Gasteiger partial charge in [-0.1, -0.05) is 6.07 Å². The minimum absolute atomic E-state index is 0.245. The summed E-state index contributed by atoms with van der Waals surface area (Å²) in [5.74, 6) is 0.525. The monoisotopic (exact) mass is 228 g/mol. The number of benzene rings is 2. The Balaban J connectivity index is 2.64. The summed E-state index contributed by atoms with van der Waals surface area (Å²) in [7, 11) is 0. The minimum Gasteiger partial charge on any atom is -0.508 e. The Bertz CT molecular complexity index is 571. The number of phenolic OH excluding ortho intramolecular Hbond substituents is 2. The molecular formula is C15H16O2. The van der Waals surface area contributed by atoms with Crippen molar-refractivity contribution in [3.63, 3.8) is 0 Å². The van der Waals surface area contributed by atoms with Crippen molar-refractivity contribution < 1.29 is 10.2 Å². The molecule has 2 heteroatoms. The molecule has 0 aliphatic carbocycles. The molecule has 0 unspecified atom stereocenters.